The highest BCUT2D eigenvalue weighted by molar-refractivity contribution is 7.99. The van der Waals surface area contributed by atoms with Crippen LogP contribution in [0, 0.1) is 5.82 Å². The van der Waals surface area contributed by atoms with Crippen molar-refractivity contribution in [3.63, 3.8) is 0 Å². The maximum Gasteiger partial charge on any atom is 0.338 e. The second kappa shape index (κ2) is 6.23. The average Bonchev–Trinajstić information content (AvgIpc) is 2.33. The van der Waals surface area contributed by atoms with E-state index in [1.807, 2.05) is 12.1 Å². The molecule has 0 aliphatic carbocycles. The molecule has 0 aliphatic rings. The summed E-state index contributed by atoms with van der Waals surface area (Å²) in [5, 5.41) is 0. The van der Waals surface area contributed by atoms with E-state index in [-0.39, 0.29) is 5.82 Å². The topological polar surface area (TPSA) is 9.23 Å². The standard InChI is InChI=1S/C13H8Cl3FOS/c14-13(15,16)18-10-3-7-12(8-4-10)19-11-5-1-9(17)2-6-11/h1-8H. The van der Waals surface area contributed by atoms with Gasteiger partial charge in [0.1, 0.15) is 11.6 Å². The molecule has 0 saturated heterocycles. The second-order valence-corrected chi connectivity index (χ2v) is 6.90. The SMILES string of the molecule is Fc1ccc(Sc2ccc(OC(Cl)(Cl)Cl)cc2)cc1. The molecule has 0 spiro atoms. The van der Waals surface area contributed by atoms with Crippen LogP contribution in [0.3, 0.4) is 0 Å². The van der Waals surface area contributed by atoms with Crippen molar-refractivity contribution in [3.8, 4) is 5.75 Å². The van der Waals surface area contributed by atoms with Gasteiger partial charge in [-0.15, -0.1) is 0 Å². The third kappa shape index (κ3) is 5.11. The van der Waals surface area contributed by atoms with Crippen molar-refractivity contribution in [1.29, 1.82) is 0 Å². The molecule has 0 unspecified atom stereocenters. The van der Waals surface area contributed by atoms with Gasteiger partial charge in [0, 0.05) is 9.79 Å². The van der Waals surface area contributed by atoms with E-state index in [1.54, 1.807) is 24.3 Å². The molecule has 0 saturated carbocycles. The summed E-state index contributed by atoms with van der Waals surface area (Å²) >= 11 is 18.1. The fraction of sp³-hybridized carbons (Fsp3) is 0.0769. The van der Waals surface area contributed by atoms with Crippen LogP contribution in [0.5, 0.6) is 5.75 Å². The molecule has 2 aromatic carbocycles. The molecule has 0 atom stereocenters. The van der Waals surface area contributed by atoms with E-state index in [0.717, 1.165) is 9.79 Å². The first-order valence-corrected chi connectivity index (χ1v) is 7.17. The molecule has 100 valence electrons. The van der Waals surface area contributed by atoms with Crippen LogP contribution >= 0.6 is 46.6 Å². The maximum absolute atomic E-state index is 12.8. The first-order valence-electron chi connectivity index (χ1n) is 5.22. The first-order chi connectivity index (χ1) is 8.92. The Morgan fingerprint density at radius 3 is 1.79 bits per heavy atom. The Hall–Kier alpha value is -0.610. The lowest BCUT2D eigenvalue weighted by molar-refractivity contribution is 0.320. The minimum Gasteiger partial charge on any atom is -0.446 e. The zero-order chi connectivity index (χ0) is 13.9. The number of hydrogen-bond acceptors (Lipinski definition) is 2. The van der Waals surface area contributed by atoms with Crippen molar-refractivity contribution in [2.45, 2.75) is 13.8 Å². The molecule has 1 nitrogen and oxygen atoms in total. The summed E-state index contributed by atoms with van der Waals surface area (Å²) in [6, 6.07) is 13.3. The Morgan fingerprint density at radius 2 is 1.32 bits per heavy atom. The second-order valence-electron chi connectivity index (χ2n) is 3.58. The number of benzene rings is 2. The Kier molecular flexibility index (Phi) is 4.85. The van der Waals surface area contributed by atoms with E-state index in [9.17, 15) is 4.39 Å². The quantitative estimate of drug-likeness (QED) is 0.666. The Morgan fingerprint density at radius 1 is 0.842 bits per heavy atom. The normalized spacial score (nSPS) is 11.4. The molecule has 0 bridgehead atoms. The highest BCUT2D eigenvalue weighted by atomic mass is 35.6. The van der Waals surface area contributed by atoms with E-state index < -0.39 is 3.98 Å². The van der Waals surface area contributed by atoms with Crippen LogP contribution in [-0.4, -0.2) is 3.98 Å². The molecule has 0 radical (unpaired) electrons. The van der Waals surface area contributed by atoms with E-state index in [2.05, 4.69) is 0 Å². The molecule has 0 fully saturated rings. The van der Waals surface area contributed by atoms with Gasteiger partial charge in [-0.05, 0) is 83.3 Å². The number of rotatable bonds is 3. The molecular weight excluding hydrogens is 330 g/mol. The van der Waals surface area contributed by atoms with Gasteiger partial charge < -0.3 is 4.74 Å². The molecule has 0 amide bonds. The first kappa shape index (κ1) is 14.8. The minimum absolute atomic E-state index is 0.254. The van der Waals surface area contributed by atoms with Crippen LogP contribution in [0.4, 0.5) is 4.39 Å². The fourth-order valence-electron chi connectivity index (χ4n) is 1.35. The van der Waals surface area contributed by atoms with Gasteiger partial charge >= 0.3 is 3.98 Å². The Bertz CT molecular complexity index is 537. The average molecular weight is 338 g/mol. The third-order valence-corrected chi connectivity index (χ3v) is 3.35. The number of alkyl halides is 3. The van der Waals surface area contributed by atoms with Gasteiger partial charge in [-0.2, -0.15) is 0 Å². The number of hydrogen-bond donors (Lipinski definition) is 0. The highest BCUT2D eigenvalue weighted by Gasteiger charge is 2.21. The van der Waals surface area contributed by atoms with E-state index >= 15 is 0 Å². The monoisotopic (exact) mass is 336 g/mol. The third-order valence-electron chi connectivity index (χ3n) is 2.11. The van der Waals surface area contributed by atoms with Gasteiger partial charge in [-0.1, -0.05) is 11.8 Å². The van der Waals surface area contributed by atoms with Crippen molar-refractivity contribution in [2.75, 3.05) is 0 Å². The summed E-state index contributed by atoms with van der Waals surface area (Å²) in [7, 11) is 0. The predicted octanol–water partition coefficient (Wildman–Crippen LogP) is 5.68. The molecular formula is C13H8Cl3FOS. The Labute approximate surface area is 129 Å². The lowest BCUT2D eigenvalue weighted by Crippen LogP contribution is -2.12. The number of halogens is 4. The summed E-state index contributed by atoms with van der Waals surface area (Å²) in [5.74, 6) is 0.208. The van der Waals surface area contributed by atoms with Crippen molar-refractivity contribution >= 4 is 46.6 Å². The van der Waals surface area contributed by atoms with Crippen LogP contribution in [0.2, 0.25) is 0 Å². The molecule has 0 aliphatic heterocycles. The van der Waals surface area contributed by atoms with Crippen molar-refractivity contribution in [1.82, 2.24) is 0 Å². The zero-order valence-electron chi connectivity index (χ0n) is 9.45. The molecule has 2 aromatic rings. The lowest BCUT2D eigenvalue weighted by Gasteiger charge is -2.13. The van der Waals surface area contributed by atoms with Crippen molar-refractivity contribution < 1.29 is 9.13 Å². The van der Waals surface area contributed by atoms with Gasteiger partial charge in [0.05, 0.1) is 0 Å². The van der Waals surface area contributed by atoms with E-state index in [4.69, 9.17) is 39.5 Å². The van der Waals surface area contributed by atoms with Crippen molar-refractivity contribution in [2.24, 2.45) is 0 Å². The summed E-state index contributed by atoms with van der Waals surface area (Å²) in [4.78, 5) is 1.92. The molecule has 19 heavy (non-hydrogen) atoms. The predicted molar refractivity (Wildman–Crippen MR) is 77.9 cm³/mol. The van der Waals surface area contributed by atoms with E-state index in [1.165, 1.54) is 23.9 Å². The fourth-order valence-corrected chi connectivity index (χ4v) is 2.43. The van der Waals surface area contributed by atoms with Crippen molar-refractivity contribution in [3.05, 3.63) is 54.3 Å². The van der Waals surface area contributed by atoms with Gasteiger partial charge in [0.25, 0.3) is 0 Å². The van der Waals surface area contributed by atoms with Crippen LogP contribution in [0.25, 0.3) is 0 Å². The maximum atomic E-state index is 12.8. The summed E-state index contributed by atoms with van der Waals surface area (Å²) < 4.78 is 16.1. The molecule has 2 rings (SSSR count). The molecule has 6 heteroatoms. The van der Waals surface area contributed by atoms with Crippen LogP contribution in [-0.2, 0) is 0 Å². The summed E-state index contributed by atoms with van der Waals surface area (Å²) in [6.45, 7) is 0. The molecule has 0 N–H and O–H groups in total. The van der Waals surface area contributed by atoms with E-state index in [0.29, 0.717) is 5.75 Å². The summed E-state index contributed by atoms with van der Waals surface area (Å²) in [6.07, 6.45) is 0. The largest absolute Gasteiger partial charge is 0.446 e. The smallest absolute Gasteiger partial charge is 0.338 e. The summed E-state index contributed by atoms with van der Waals surface area (Å²) in [5.41, 5.74) is 0. The van der Waals surface area contributed by atoms with Gasteiger partial charge in [0.2, 0.25) is 0 Å². The van der Waals surface area contributed by atoms with Gasteiger partial charge in [-0.3, -0.25) is 0 Å². The van der Waals surface area contributed by atoms with Crippen LogP contribution in [0.1, 0.15) is 0 Å². The van der Waals surface area contributed by atoms with Crippen LogP contribution in [0.15, 0.2) is 58.3 Å². The molecule has 0 heterocycles. The molecule has 0 aromatic heterocycles. The van der Waals surface area contributed by atoms with Gasteiger partial charge in [-0.25, -0.2) is 4.39 Å². The van der Waals surface area contributed by atoms with Crippen LogP contribution < -0.4 is 4.74 Å². The Balaban J connectivity index is 2.04. The number of ether oxygens (including phenoxy) is 1. The minimum atomic E-state index is -1.77. The zero-order valence-corrected chi connectivity index (χ0v) is 12.5. The highest BCUT2D eigenvalue weighted by Crippen LogP contribution is 2.33. The lowest BCUT2D eigenvalue weighted by atomic mass is 10.3. The van der Waals surface area contributed by atoms with Gasteiger partial charge in [0.15, 0.2) is 0 Å².